The lowest BCUT2D eigenvalue weighted by Gasteiger charge is -2.02. The summed E-state index contributed by atoms with van der Waals surface area (Å²) in [7, 11) is 0. The molecule has 0 nitrogen and oxygen atoms in total. The monoisotopic (exact) mass is 344 g/mol. The number of alkyl halides is 1. The molecule has 0 aromatic rings. The first-order valence-corrected chi connectivity index (χ1v) is 10.1. The Labute approximate surface area is 136 Å². The van der Waals surface area contributed by atoms with Gasteiger partial charge in [0, 0.05) is 5.33 Å². The number of hydrogen-bond acceptors (Lipinski definition) is 0. The van der Waals surface area contributed by atoms with E-state index in [0.29, 0.717) is 0 Å². The largest absolute Gasteiger partial charge is 0.0928 e. The lowest BCUT2D eigenvalue weighted by Crippen LogP contribution is -1.83. The molecule has 0 saturated carbocycles. The molecule has 0 N–H and O–H groups in total. The van der Waals surface area contributed by atoms with Crippen molar-refractivity contribution in [1.82, 2.24) is 0 Å². The van der Waals surface area contributed by atoms with E-state index in [4.69, 9.17) is 0 Å². The van der Waals surface area contributed by atoms with Gasteiger partial charge in [0.05, 0.1) is 0 Å². The second kappa shape index (κ2) is 17.3. The molecule has 0 aromatic carbocycles. The van der Waals surface area contributed by atoms with Gasteiger partial charge in [0.1, 0.15) is 0 Å². The van der Waals surface area contributed by atoms with E-state index in [1.54, 1.807) is 0 Å². The summed E-state index contributed by atoms with van der Waals surface area (Å²) in [6.45, 7) is 4.50. The summed E-state index contributed by atoms with van der Waals surface area (Å²) in [5, 5.41) is 1.18. The van der Waals surface area contributed by atoms with Crippen molar-refractivity contribution in [3.8, 4) is 0 Å². The zero-order valence-corrected chi connectivity index (χ0v) is 15.6. The van der Waals surface area contributed by atoms with Gasteiger partial charge in [-0.2, -0.15) is 0 Å². The van der Waals surface area contributed by atoms with E-state index in [9.17, 15) is 0 Å². The fourth-order valence-electron chi connectivity index (χ4n) is 2.49. The molecular formula is C19H37Br. The van der Waals surface area contributed by atoms with Gasteiger partial charge < -0.3 is 0 Å². The molecular weight excluding hydrogens is 308 g/mol. The minimum atomic E-state index is 0.717. The van der Waals surface area contributed by atoms with Gasteiger partial charge in [0.25, 0.3) is 0 Å². The van der Waals surface area contributed by atoms with Crippen LogP contribution in [0.2, 0.25) is 0 Å². The summed E-state index contributed by atoms with van der Waals surface area (Å²) < 4.78 is 0. The van der Waals surface area contributed by atoms with Gasteiger partial charge >= 0.3 is 0 Å². The van der Waals surface area contributed by atoms with E-state index in [0.717, 1.165) is 5.92 Å². The van der Waals surface area contributed by atoms with Gasteiger partial charge in [-0.1, -0.05) is 106 Å². The van der Waals surface area contributed by atoms with E-state index in [-0.39, 0.29) is 0 Å². The van der Waals surface area contributed by atoms with E-state index in [2.05, 4.69) is 41.9 Å². The van der Waals surface area contributed by atoms with E-state index in [1.165, 1.54) is 88.8 Å². The highest BCUT2D eigenvalue weighted by Gasteiger charge is 1.93. The first kappa shape index (κ1) is 20.2. The Hall–Kier alpha value is 0.220. The van der Waals surface area contributed by atoms with Crippen LogP contribution in [-0.4, -0.2) is 5.33 Å². The molecule has 0 aliphatic heterocycles. The van der Waals surface area contributed by atoms with Gasteiger partial charge in [-0.05, 0) is 25.2 Å². The Kier molecular flexibility index (Phi) is 17.5. The van der Waals surface area contributed by atoms with E-state index in [1.807, 2.05) is 0 Å². The van der Waals surface area contributed by atoms with E-state index < -0.39 is 0 Å². The molecule has 0 rings (SSSR count). The molecule has 0 aromatic heterocycles. The number of rotatable bonds is 15. The quantitative estimate of drug-likeness (QED) is 0.162. The number of unbranched alkanes of at least 4 members (excludes halogenated alkanes) is 12. The highest BCUT2D eigenvalue weighted by molar-refractivity contribution is 9.09. The first-order chi connectivity index (χ1) is 9.77. The third-order valence-corrected chi connectivity index (χ3v) is 4.34. The summed E-state index contributed by atoms with van der Waals surface area (Å²) in [5.74, 6) is 0.717. The van der Waals surface area contributed by atoms with Crippen molar-refractivity contribution in [2.75, 3.05) is 5.33 Å². The Morgan fingerprint density at radius 3 is 1.45 bits per heavy atom. The molecule has 20 heavy (non-hydrogen) atoms. The molecule has 0 saturated heterocycles. The van der Waals surface area contributed by atoms with Crippen molar-refractivity contribution in [2.24, 2.45) is 5.92 Å². The van der Waals surface area contributed by atoms with E-state index >= 15 is 0 Å². The summed E-state index contributed by atoms with van der Waals surface area (Å²) in [6, 6.07) is 0. The molecule has 0 amide bonds. The fraction of sp³-hybridized carbons (Fsp3) is 0.895. The Morgan fingerprint density at radius 2 is 1.05 bits per heavy atom. The standard InChI is InChI=1S/C19H37Br/c1-19(2)17-15-13-11-9-7-5-3-4-6-8-10-12-14-16-18-20/h15,17,19H,3-14,16,18H2,1-2H3. The minimum Gasteiger partial charge on any atom is -0.0928 e. The van der Waals surface area contributed by atoms with Gasteiger partial charge in [-0.25, -0.2) is 0 Å². The maximum Gasteiger partial charge on any atom is 0.00313 e. The van der Waals surface area contributed by atoms with Crippen LogP contribution >= 0.6 is 15.9 Å². The van der Waals surface area contributed by atoms with Gasteiger partial charge in [0.15, 0.2) is 0 Å². The molecule has 0 bridgehead atoms. The minimum absolute atomic E-state index is 0.717. The van der Waals surface area contributed by atoms with Crippen LogP contribution < -0.4 is 0 Å². The second-order valence-corrected chi connectivity index (χ2v) is 7.19. The summed E-state index contributed by atoms with van der Waals surface area (Å²) >= 11 is 3.49. The lowest BCUT2D eigenvalue weighted by atomic mass is 10.0. The van der Waals surface area contributed by atoms with Crippen LogP contribution in [0.25, 0.3) is 0 Å². The van der Waals surface area contributed by atoms with Crippen LogP contribution in [0.5, 0.6) is 0 Å². The second-order valence-electron chi connectivity index (χ2n) is 6.39. The zero-order valence-electron chi connectivity index (χ0n) is 14.0. The molecule has 0 heterocycles. The van der Waals surface area contributed by atoms with Crippen molar-refractivity contribution in [2.45, 2.75) is 97.3 Å². The molecule has 0 aliphatic rings. The van der Waals surface area contributed by atoms with Crippen molar-refractivity contribution in [3.05, 3.63) is 12.2 Å². The van der Waals surface area contributed by atoms with Crippen molar-refractivity contribution in [3.63, 3.8) is 0 Å². The highest BCUT2D eigenvalue weighted by atomic mass is 79.9. The fourth-order valence-corrected chi connectivity index (χ4v) is 2.89. The average molecular weight is 345 g/mol. The molecule has 0 aliphatic carbocycles. The SMILES string of the molecule is CC(C)C=CCCCCCCCCCCCCCCBr. The maximum atomic E-state index is 3.49. The summed E-state index contributed by atoms with van der Waals surface area (Å²) in [5.41, 5.74) is 0. The van der Waals surface area contributed by atoms with Crippen molar-refractivity contribution < 1.29 is 0 Å². The third kappa shape index (κ3) is 18.2. The number of hydrogen-bond donors (Lipinski definition) is 0. The summed E-state index contributed by atoms with van der Waals surface area (Å²) in [6.07, 6.45) is 23.2. The van der Waals surface area contributed by atoms with Crippen LogP contribution in [0.15, 0.2) is 12.2 Å². The topological polar surface area (TPSA) is 0 Å². The predicted molar refractivity (Wildman–Crippen MR) is 97.8 cm³/mol. The highest BCUT2D eigenvalue weighted by Crippen LogP contribution is 2.13. The van der Waals surface area contributed by atoms with Crippen LogP contribution in [-0.2, 0) is 0 Å². The van der Waals surface area contributed by atoms with Crippen LogP contribution in [0.3, 0.4) is 0 Å². The average Bonchev–Trinajstić information content (AvgIpc) is 2.43. The van der Waals surface area contributed by atoms with Crippen molar-refractivity contribution in [1.29, 1.82) is 0 Å². The lowest BCUT2D eigenvalue weighted by molar-refractivity contribution is 0.545. The third-order valence-electron chi connectivity index (χ3n) is 3.78. The Balaban J connectivity index is 2.99. The molecule has 120 valence electrons. The number of halogens is 1. The molecule has 0 radical (unpaired) electrons. The Morgan fingerprint density at radius 1 is 0.650 bits per heavy atom. The molecule has 0 spiro atoms. The number of allylic oxidation sites excluding steroid dienone is 2. The smallest absolute Gasteiger partial charge is 0.00313 e. The molecule has 0 atom stereocenters. The molecule has 1 heteroatoms. The van der Waals surface area contributed by atoms with Gasteiger partial charge in [-0.3, -0.25) is 0 Å². The van der Waals surface area contributed by atoms with Crippen LogP contribution in [0.4, 0.5) is 0 Å². The summed E-state index contributed by atoms with van der Waals surface area (Å²) in [4.78, 5) is 0. The van der Waals surface area contributed by atoms with Crippen LogP contribution in [0, 0.1) is 5.92 Å². The maximum absolute atomic E-state index is 3.49. The predicted octanol–water partition coefficient (Wildman–Crippen LogP) is 7.66. The normalized spacial score (nSPS) is 11.8. The molecule has 0 unspecified atom stereocenters. The molecule has 0 fully saturated rings. The Bertz CT molecular complexity index is 196. The van der Waals surface area contributed by atoms with Crippen molar-refractivity contribution >= 4 is 15.9 Å². The van der Waals surface area contributed by atoms with Gasteiger partial charge in [-0.15, -0.1) is 0 Å². The first-order valence-electron chi connectivity index (χ1n) is 9.00. The van der Waals surface area contributed by atoms with Gasteiger partial charge in [0.2, 0.25) is 0 Å². The zero-order chi connectivity index (χ0) is 14.9. The van der Waals surface area contributed by atoms with Crippen LogP contribution in [0.1, 0.15) is 97.3 Å².